The number of hydrogen-bond donors (Lipinski definition) is 1. The molecule has 0 saturated carbocycles. The van der Waals surface area contributed by atoms with E-state index < -0.39 is 24.3 Å². The SMILES string of the molecule is CC(=N)[C@@H](C#N)C(=O)COC(=O)CSc1ccc(C)cc1C. The molecule has 0 unspecified atom stereocenters. The summed E-state index contributed by atoms with van der Waals surface area (Å²) in [4.78, 5) is 24.3. The normalized spacial score (nSPS) is 11.4. The van der Waals surface area contributed by atoms with Crippen LogP contribution in [0.4, 0.5) is 0 Å². The van der Waals surface area contributed by atoms with Crippen LogP contribution in [0.25, 0.3) is 0 Å². The van der Waals surface area contributed by atoms with Crippen molar-refractivity contribution >= 4 is 29.2 Å². The predicted molar refractivity (Wildman–Crippen MR) is 85.1 cm³/mol. The van der Waals surface area contributed by atoms with Gasteiger partial charge in [0.2, 0.25) is 0 Å². The summed E-state index contributed by atoms with van der Waals surface area (Å²) in [6.45, 7) is 4.87. The summed E-state index contributed by atoms with van der Waals surface area (Å²) in [6.07, 6.45) is 0. The van der Waals surface area contributed by atoms with Crippen LogP contribution in [-0.4, -0.2) is 29.8 Å². The van der Waals surface area contributed by atoms with Gasteiger partial charge < -0.3 is 10.1 Å². The molecule has 6 heteroatoms. The van der Waals surface area contributed by atoms with Crippen molar-refractivity contribution < 1.29 is 14.3 Å². The van der Waals surface area contributed by atoms with Crippen molar-refractivity contribution in [3.05, 3.63) is 29.3 Å². The molecule has 5 nitrogen and oxygen atoms in total. The Bertz CT molecular complexity index is 635. The first-order valence-corrected chi connectivity index (χ1v) is 7.66. The van der Waals surface area contributed by atoms with Crippen LogP contribution >= 0.6 is 11.8 Å². The molecule has 0 spiro atoms. The molecule has 1 atom stereocenters. The van der Waals surface area contributed by atoms with Crippen molar-refractivity contribution in [1.29, 1.82) is 10.7 Å². The minimum atomic E-state index is -1.14. The van der Waals surface area contributed by atoms with Gasteiger partial charge in [-0.1, -0.05) is 17.7 Å². The number of benzene rings is 1. The first-order valence-electron chi connectivity index (χ1n) is 6.68. The Kier molecular flexibility index (Phi) is 6.80. The van der Waals surface area contributed by atoms with E-state index in [2.05, 4.69) is 0 Å². The largest absolute Gasteiger partial charge is 0.457 e. The topological polar surface area (TPSA) is 91.0 Å². The van der Waals surface area contributed by atoms with Crippen LogP contribution in [0.1, 0.15) is 18.1 Å². The molecular weight excluding hydrogens is 300 g/mol. The molecule has 0 bridgehead atoms. The van der Waals surface area contributed by atoms with E-state index in [0.29, 0.717) is 0 Å². The van der Waals surface area contributed by atoms with E-state index in [9.17, 15) is 9.59 Å². The van der Waals surface area contributed by atoms with Gasteiger partial charge in [0, 0.05) is 10.6 Å². The molecule has 0 amide bonds. The van der Waals surface area contributed by atoms with Crippen molar-refractivity contribution in [1.82, 2.24) is 0 Å². The van der Waals surface area contributed by atoms with Gasteiger partial charge >= 0.3 is 5.97 Å². The number of aryl methyl sites for hydroxylation is 2. The fourth-order valence-corrected chi connectivity index (χ4v) is 2.59. The second kappa shape index (κ2) is 8.35. The molecule has 0 aromatic heterocycles. The molecule has 116 valence electrons. The zero-order valence-electron chi connectivity index (χ0n) is 12.8. The van der Waals surface area contributed by atoms with Gasteiger partial charge in [-0.25, -0.2) is 0 Å². The van der Waals surface area contributed by atoms with Crippen LogP contribution in [0.3, 0.4) is 0 Å². The molecular formula is C16H18N2O3S. The molecule has 1 aromatic rings. The maximum atomic E-state index is 11.6. The van der Waals surface area contributed by atoms with Crippen molar-refractivity contribution in [2.75, 3.05) is 12.4 Å². The van der Waals surface area contributed by atoms with E-state index >= 15 is 0 Å². The summed E-state index contributed by atoms with van der Waals surface area (Å²) in [5.74, 6) is -2.13. The molecule has 0 heterocycles. The number of thioether (sulfide) groups is 1. The van der Waals surface area contributed by atoms with E-state index in [-0.39, 0.29) is 11.5 Å². The first-order chi connectivity index (χ1) is 10.3. The third kappa shape index (κ3) is 5.34. The summed E-state index contributed by atoms with van der Waals surface area (Å²) in [5, 5.41) is 16.1. The number of nitrogens with zero attached hydrogens (tertiary/aromatic N) is 1. The van der Waals surface area contributed by atoms with E-state index in [1.807, 2.05) is 32.0 Å². The van der Waals surface area contributed by atoms with Crippen molar-refractivity contribution in [2.45, 2.75) is 25.7 Å². The monoisotopic (exact) mass is 318 g/mol. The fourth-order valence-electron chi connectivity index (χ4n) is 1.78. The highest BCUT2D eigenvalue weighted by Gasteiger charge is 2.21. The van der Waals surface area contributed by atoms with Gasteiger partial charge in [0.05, 0.1) is 11.8 Å². The molecule has 1 aromatic carbocycles. The Morgan fingerprint density at radius 2 is 2.09 bits per heavy atom. The Morgan fingerprint density at radius 3 is 2.64 bits per heavy atom. The van der Waals surface area contributed by atoms with Crippen LogP contribution in [0.15, 0.2) is 23.1 Å². The number of Topliss-reactive ketones (excluding diaryl/α,β-unsaturated/α-hetero) is 1. The average molecular weight is 318 g/mol. The molecule has 1 N–H and O–H groups in total. The highest BCUT2D eigenvalue weighted by molar-refractivity contribution is 8.00. The number of rotatable bonds is 7. The maximum absolute atomic E-state index is 11.6. The lowest BCUT2D eigenvalue weighted by Gasteiger charge is -2.08. The van der Waals surface area contributed by atoms with Crippen LogP contribution in [0, 0.1) is 36.5 Å². The van der Waals surface area contributed by atoms with E-state index in [1.165, 1.54) is 18.7 Å². The number of nitrogens with one attached hydrogen (secondary N) is 1. The highest BCUT2D eigenvalue weighted by Crippen LogP contribution is 2.23. The van der Waals surface area contributed by atoms with Gasteiger partial charge in [0.15, 0.2) is 12.4 Å². The zero-order chi connectivity index (χ0) is 16.7. The minimum Gasteiger partial charge on any atom is -0.457 e. The number of carbonyl (C=O) groups excluding carboxylic acids is 2. The maximum Gasteiger partial charge on any atom is 0.316 e. The average Bonchev–Trinajstić information content (AvgIpc) is 2.44. The minimum absolute atomic E-state index is 0.0480. The number of hydrogen-bond acceptors (Lipinski definition) is 6. The van der Waals surface area contributed by atoms with E-state index in [4.69, 9.17) is 15.4 Å². The van der Waals surface area contributed by atoms with Gasteiger partial charge in [0.1, 0.15) is 5.92 Å². The van der Waals surface area contributed by atoms with Crippen molar-refractivity contribution in [2.24, 2.45) is 5.92 Å². The third-order valence-electron chi connectivity index (χ3n) is 2.94. The highest BCUT2D eigenvalue weighted by atomic mass is 32.2. The number of esters is 1. The quantitative estimate of drug-likeness (QED) is 0.474. The second-order valence-corrected chi connectivity index (χ2v) is 5.95. The lowest BCUT2D eigenvalue weighted by Crippen LogP contribution is -2.26. The molecule has 1 rings (SSSR count). The third-order valence-corrected chi connectivity index (χ3v) is 4.08. The number of ether oxygens (including phenoxy) is 1. The lowest BCUT2D eigenvalue weighted by molar-refractivity contribution is -0.145. The van der Waals surface area contributed by atoms with Gasteiger partial charge in [-0.3, -0.25) is 9.59 Å². The van der Waals surface area contributed by atoms with Gasteiger partial charge in [-0.05, 0) is 32.4 Å². The number of nitriles is 1. The predicted octanol–water partition coefficient (Wildman–Crippen LogP) is 2.69. The molecule has 0 fully saturated rings. The Morgan fingerprint density at radius 1 is 1.41 bits per heavy atom. The Hall–Kier alpha value is -2.13. The number of carbonyl (C=O) groups is 2. The standard InChI is InChI=1S/C16H18N2O3S/c1-10-4-5-15(11(2)6-10)22-9-16(20)21-8-14(19)13(7-17)12(3)18/h4-6,13,18H,8-9H2,1-3H3/t13-/m1/s1. The molecule has 0 aliphatic rings. The van der Waals surface area contributed by atoms with Crippen molar-refractivity contribution in [3.8, 4) is 6.07 Å². The summed E-state index contributed by atoms with van der Waals surface area (Å²) in [5.41, 5.74) is 2.19. The van der Waals surface area contributed by atoms with Crippen LogP contribution in [-0.2, 0) is 14.3 Å². The molecule has 22 heavy (non-hydrogen) atoms. The lowest BCUT2D eigenvalue weighted by atomic mass is 10.0. The summed E-state index contributed by atoms with van der Waals surface area (Å²) in [6, 6.07) is 7.66. The zero-order valence-corrected chi connectivity index (χ0v) is 13.6. The Balaban J connectivity index is 2.46. The fraction of sp³-hybridized carbons (Fsp3) is 0.375. The summed E-state index contributed by atoms with van der Waals surface area (Å²) in [7, 11) is 0. The smallest absolute Gasteiger partial charge is 0.316 e. The molecule has 0 aliphatic carbocycles. The Labute approximate surface area is 134 Å². The molecule has 0 saturated heterocycles. The van der Waals surface area contributed by atoms with Gasteiger partial charge in [0.25, 0.3) is 0 Å². The summed E-state index contributed by atoms with van der Waals surface area (Å²) < 4.78 is 4.87. The molecule has 0 aliphatic heterocycles. The molecule has 0 radical (unpaired) electrons. The van der Waals surface area contributed by atoms with Gasteiger partial charge in [-0.15, -0.1) is 11.8 Å². The van der Waals surface area contributed by atoms with Gasteiger partial charge in [-0.2, -0.15) is 5.26 Å². The number of ketones is 1. The van der Waals surface area contributed by atoms with Crippen LogP contribution in [0.5, 0.6) is 0 Å². The van der Waals surface area contributed by atoms with Crippen LogP contribution < -0.4 is 0 Å². The van der Waals surface area contributed by atoms with E-state index in [1.54, 1.807) is 6.07 Å². The second-order valence-electron chi connectivity index (χ2n) is 4.93. The van der Waals surface area contributed by atoms with Crippen molar-refractivity contribution in [3.63, 3.8) is 0 Å². The van der Waals surface area contributed by atoms with Crippen LogP contribution in [0.2, 0.25) is 0 Å². The van der Waals surface area contributed by atoms with E-state index in [0.717, 1.165) is 16.0 Å². The first kappa shape index (κ1) is 17.9. The summed E-state index contributed by atoms with van der Waals surface area (Å²) >= 11 is 1.34.